The van der Waals surface area contributed by atoms with Gasteiger partial charge in [0.1, 0.15) is 0 Å². The van der Waals surface area contributed by atoms with Gasteiger partial charge in [-0.2, -0.15) is 5.11 Å². The zero-order valence-corrected chi connectivity index (χ0v) is 6.55. The van der Waals surface area contributed by atoms with Gasteiger partial charge >= 0.3 is 0 Å². The van der Waals surface area contributed by atoms with E-state index < -0.39 is 0 Å². The molecular weight excluding hydrogens is 114 g/mol. The lowest BCUT2D eigenvalue weighted by molar-refractivity contribution is 0.852. The quantitative estimate of drug-likeness (QED) is 0.450. The molecule has 0 aromatic heterocycles. The lowest BCUT2D eigenvalue weighted by Crippen LogP contribution is -1.88. The molecule has 0 aromatic carbocycles. The van der Waals surface area contributed by atoms with Crippen molar-refractivity contribution in [2.75, 3.05) is 7.05 Å². The molecule has 0 unspecified atom stereocenters. The first-order chi connectivity index (χ1) is 4.41. The Bertz CT molecular complexity index is 66.4. The predicted molar refractivity (Wildman–Crippen MR) is 40.1 cm³/mol. The second-order valence-electron chi connectivity index (χ2n) is 0.929. The number of hydrogen-bond acceptors (Lipinski definition) is 2. The highest BCUT2D eigenvalue weighted by Crippen LogP contribution is 1.63. The standard InChI is InChI=1S/C4H9N3.C2H6/c1-3-4-6-7-5-2;1-2/h3-4H,1-2H3,(H,5,6);1-2H3/b4-3-;. The maximum Gasteiger partial charge on any atom is 0.0509 e. The minimum atomic E-state index is 1.61. The Kier molecular flexibility index (Phi) is 19.2. The first-order valence-corrected chi connectivity index (χ1v) is 3.07. The van der Waals surface area contributed by atoms with Gasteiger partial charge in [-0.1, -0.05) is 25.1 Å². The molecule has 0 aromatic rings. The first-order valence-electron chi connectivity index (χ1n) is 3.07. The van der Waals surface area contributed by atoms with Crippen molar-refractivity contribution in [1.82, 2.24) is 5.43 Å². The van der Waals surface area contributed by atoms with Gasteiger partial charge in [-0.3, -0.25) is 5.43 Å². The fourth-order valence-corrected chi connectivity index (χ4v) is 0.166. The molecule has 3 heteroatoms. The van der Waals surface area contributed by atoms with Gasteiger partial charge in [-0.25, -0.2) is 0 Å². The van der Waals surface area contributed by atoms with Crippen molar-refractivity contribution >= 4 is 0 Å². The molecule has 0 amide bonds. The van der Waals surface area contributed by atoms with E-state index in [9.17, 15) is 0 Å². The van der Waals surface area contributed by atoms with Crippen LogP contribution >= 0.6 is 0 Å². The summed E-state index contributed by atoms with van der Waals surface area (Å²) in [4.78, 5) is 0. The topological polar surface area (TPSA) is 36.8 Å². The van der Waals surface area contributed by atoms with E-state index in [4.69, 9.17) is 0 Å². The average Bonchev–Trinajstić information content (AvgIpc) is 1.94. The van der Waals surface area contributed by atoms with E-state index in [1.165, 1.54) is 0 Å². The highest BCUT2D eigenvalue weighted by molar-refractivity contribution is 4.70. The lowest BCUT2D eigenvalue weighted by Gasteiger charge is -1.79. The molecule has 0 radical (unpaired) electrons. The minimum absolute atomic E-state index is 1.61. The van der Waals surface area contributed by atoms with Crippen LogP contribution in [0.5, 0.6) is 0 Å². The molecule has 0 aliphatic carbocycles. The molecular formula is C6H15N3. The van der Waals surface area contributed by atoms with Crippen molar-refractivity contribution in [1.29, 1.82) is 0 Å². The van der Waals surface area contributed by atoms with E-state index in [2.05, 4.69) is 15.8 Å². The van der Waals surface area contributed by atoms with Crippen molar-refractivity contribution < 1.29 is 0 Å². The second kappa shape index (κ2) is 15.7. The fourth-order valence-electron chi connectivity index (χ4n) is 0.166. The second-order valence-corrected chi connectivity index (χ2v) is 0.929. The van der Waals surface area contributed by atoms with Gasteiger partial charge in [-0.15, -0.1) is 0 Å². The summed E-state index contributed by atoms with van der Waals surface area (Å²) in [5.41, 5.74) is 2.56. The molecule has 0 heterocycles. The summed E-state index contributed by atoms with van der Waals surface area (Å²) in [5, 5.41) is 6.89. The van der Waals surface area contributed by atoms with Crippen molar-refractivity contribution in [2.45, 2.75) is 20.8 Å². The van der Waals surface area contributed by atoms with E-state index in [-0.39, 0.29) is 0 Å². The van der Waals surface area contributed by atoms with E-state index >= 15 is 0 Å². The molecule has 1 N–H and O–H groups in total. The predicted octanol–water partition coefficient (Wildman–Crippen LogP) is 2.13. The monoisotopic (exact) mass is 129 g/mol. The van der Waals surface area contributed by atoms with Crippen LogP contribution in [0.15, 0.2) is 22.6 Å². The molecule has 0 fully saturated rings. The van der Waals surface area contributed by atoms with Gasteiger partial charge in [0.15, 0.2) is 0 Å². The molecule has 0 atom stereocenters. The molecule has 0 aliphatic heterocycles. The van der Waals surface area contributed by atoms with Crippen LogP contribution < -0.4 is 5.43 Å². The van der Waals surface area contributed by atoms with Crippen LogP contribution in [0, 0.1) is 0 Å². The Morgan fingerprint density at radius 1 is 1.33 bits per heavy atom. The smallest absolute Gasteiger partial charge is 0.0509 e. The first kappa shape index (κ1) is 11.0. The molecule has 0 saturated heterocycles. The third kappa shape index (κ3) is 19.1. The van der Waals surface area contributed by atoms with Gasteiger partial charge in [0, 0.05) is 6.20 Å². The summed E-state index contributed by atoms with van der Waals surface area (Å²) < 4.78 is 0. The third-order valence-electron chi connectivity index (χ3n) is 0.399. The fraction of sp³-hybridized carbons (Fsp3) is 0.667. The SMILES string of the molecule is C/C=C\NN=NC.CC. The molecule has 9 heavy (non-hydrogen) atoms. The summed E-state index contributed by atoms with van der Waals surface area (Å²) in [6, 6.07) is 0. The molecule has 0 spiro atoms. The summed E-state index contributed by atoms with van der Waals surface area (Å²) >= 11 is 0. The highest BCUT2D eigenvalue weighted by Gasteiger charge is 1.56. The number of nitrogens with one attached hydrogen (secondary N) is 1. The van der Waals surface area contributed by atoms with Crippen molar-refractivity contribution in [2.24, 2.45) is 10.3 Å². The molecule has 0 bridgehead atoms. The summed E-state index contributed by atoms with van der Waals surface area (Å²) in [6.07, 6.45) is 3.54. The zero-order chi connectivity index (χ0) is 7.54. The Hall–Kier alpha value is -0.860. The van der Waals surface area contributed by atoms with Gasteiger partial charge in [0.25, 0.3) is 0 Å². The van der Waals surface area contributed by atoms with Crippen LogP contribution in [0.3, 0.4) is 0 Å². The summed E-state index contributed by atoms with van der Waals surface area (Å²) in [7, 11) is 1.61. The lowest BCUT2D eigenvalue weighted by atomic mass is 10.7. The van der Waals surface area contributed by atoms with Crippen LogP contribution in [0.4, 0.5) is 0 Å². The minimum Gasteiger partial charge on any atom is -0.268 e. The Balaban J connectivity index is 0. The van der Waals surface area contributed by atoms with E-state index in [0.29, 0.717) is 0 Å². The molecule has 0 rings (SSSR count). The normalized spacial score (nSPS) is 9.33. The Morgan fingerprint density at radius 2 is 1.89 bits per heavy atom. The van der Waals surface area contributed by atoms with E-state index in [1.807, 2.05) is 26.8 Å². The number of allylic oxidation sites excluding steroid dienone is 1. The molecule has 0 saturated carbocycles. The maximum atomic E-state index is 3.45. The van der Waals surface area contributed by atoms with Crippen molar-refractivity contribution in [3.63, 3.8) is 0 Å². The number of rotatable bonds is 2. The van der Waals surface area contributed by atoms with Crippen LogP contribution in [0.25, 0.3) is 0 Å². The molecule has 54 valence electrons. The Labute approximate surface area is 56.8 Å². The summed E-state index contributed by atoms with van der Waals surface area (Å²) in [6.45, 7) is 5.90. The zero-order valence-electron chi connectivity index (χ0n) is 6.55. The van der Waals surface area contributed by atoms with Crippen LogP contribution in [-0.4, -0.2) is 7.05 Å². The van der Waals surface area contributed by atoms with Crippen molar-refractivity contribution in [3.8, 4) is 0 Å². The van der Waals surface area contributed by atoms with Gasteiger partial charge < -0.3 is 0 Å². The largest absolute Gasteiger partial charge is 0.268 e. The third-order valence-corrected chi connectivity index (χ3v) is 0.399. The number of nitrogens with zero attached hydrogens (tertiary/aromatic N) is 2. The molecule has 0 aliphatic rings. The van der Waals surface area contributed by atoms with Crippen molar-refractivity contribution in [3.05, 3.63) is 12.3 Å². The van der Waals surface area contributed by atoms with Gasteiger partial charge in [0.2, 0.25) is 0 Å². The van der Waals surface area contributed by atoms with Gasteiger partial charge in [0.05, 0.1) is 7.05 Å². The average molecular weight is 129 g/mol. The van der Waals surface area contributed by atoms with Gasteiger partial charge in [-0.05, 0) is 6.92 Å². The van der Waals surface area contributed by atoms with E-state index in [1.54, 1.807) is 13.2 Å². The maximum absolute atomic E-state index is 3.45. The van der Waals surface area contributed by atoms with Crippen LogP contribution in [0.2, 0.25) is 0 Å². The van der Waals surface area contributed by atoms with Crippen LogP contribution in [-0.2, 0) is 0 Å². The number of hydrogen-bond donors (Lipinski definition) is 1. The van der Waals surface area contributed by atoms with E-state index in [0.717, 1.165) is 0 Å². The summed E-state index contributed by atoms with van der Waals surface area (Å²) in [5.74, 6) is 0. The van der Waals surface area contributed by atoms with Crippen LogP contribution in [0.1, 0.15) is 20.8 Å². The highest BCUT2D eigenvalue weighted by atomic mass is 15.4. The molecule has 3 nitrogen and oxygen atoms in total. The Morgan fingerprint density at radius 3 is 2.22 bits per heavy atom.